The Bertz CT molecular complexity index is 1090. The lowest BCUT2D eigenvalue weighted by molar-refractivity contribution is 0.103. The van der Waals surface area contributed by atoms with Crippen LogP contribution < -0.4 is 10.1 Å². The Morgan fingerprint density at radius 3 is 2.93 bits per heavy atom. The summed E-state index contributed by atoms with van der Waals surface area (Å²) in [6.45, 7) is 1.89. The molecule has 0 aliphatic rings. The second-order valence-electron chi connectivity index (χ2n) is 5.49. The molecule has 10 heteroatoms. The normalized spacial score (nSPS) is 10.7. The predicted molar refractivity (Wildman–Crippen MR) is 104 cm³/mol. The minimum Gasteiger partial charge on any atom is -0.497 e. The maximum absolute atomic E-state index is 12.1. The molecule has 8 nitrogen and oxygen atoms in total. The van der Waals surface area contributed by atoms with Crippen LogP contribution in [0.25, 0.3) is 17.2 Å². The molecule has 0 spiro atoms. The highest BCUT2D eigenvalue weighted by Gasteiger charge is 2.18. The lowest BCUT2D eigenvalue weighted by Gasteiger charge is -2.05. The number of ether oxygens (including phenoxy) is 1. The predicted octanol–water partition coefficient (Wildman–Crippen LogP) is 3.42. The molecule has 0 saturated carbocycles. The van der Waals surface area contributed by atoms with Gasteiger partial charge >= 0.3 is 0 Å². The Hall–Kier alpha value is -3.11. The Labute approximate surface area is 162 Å². The molecule has 0 bridgehead atoms. The van der Waals surface area contributed by atoms with E-state index in [9.17, 15) is 4.79 Å². The third-order valence-corrected chi connectivity index (χ3v) is 5.29. The number of hydrogen-bond acceptors (Lipinski definition) is 8. The fraction of sp³-hybridized carbons (Fsp3) is 0.118. The number of rotatable bonds is 5. The highest BCUT2D eigenvalue weighted by atomic mass is 32.1. The summed E-state index contributed by atoms with van der Waals surface area (Å²) in [5.41, 5.74) is 2.18. The van der Waals surface area contributed by atoms with Crippen LogP contribution in [0.2, 0.25) is 0 Å². The first-order chi connectivity index (χ1) is 13.2. The first kappa shape index (κ1) is 17.3. The number of carbonyl (C=O) groups excluding carboxylic acids is 1. The topological polar surface area (TPSA) is 94.8 Å². The zero-order valence-electron chi connectivity index (χ0n) is 14.4. The van der Waals surface area contributed by atoms with E-state index in [2.05, 4.69) is 25.0 Å². The zero-order valence-corrected chi connectivity index (χ0v) is 16.0. The van der Waals surface area contributed by atoms with E-state index < -0.39 is 0 Å². The molecule has 27 heavy (non-hydrogen) atoms. The molecule has 0 aliphatic carbocycles. The molecule has 1 aromatic carbocycles. The van der Waals surface area contributed by atoms with E-state index in [1.807, 2.05) is 42.6 Å². The van der Waals surface area contributed by atoms with Crippen molar-refractivity contribution in [3.05, 3.63) is 52.3 Å². The molecule has 0 fully saturated rings. The number of nitrogens with zero attached hydrogens (tertiary/aromatic N) is 5. The molecule has 0 aliphatic heterocycles. The van der Waals surface area contributed by atoms with E-state index in [1.54, 1.807) is 17.9 Å². The van der Waals surface area contributed by atoms with Gasteiger partial charge in [0.05, 0.1) is 23.4 Å². The zero-order chi connectivity index (χ0) is 18.8. The smallest absolute Gasteiger partial charge is 0.267 e. The lowest BCUT2D eigenvalue weighted by atomic mass is 10.2. The largest absolute Gasteiger partial charge is 0.497 e. The molecule has 3 heterocycles. The molecule has 0 unspecified atom stereocenters. The Balaban J connectivity index is 1.59. The quantitative estimate of drug-likeness (QED) is 0.553. The molecule has 0 radical (unpaired) electrons. The number of anilines is 1. The maximum Gasteiger partial charge on any atom is 0.267 e. The summed E-state index contributed by atoms with van der Waals surface area (Å²) in [6.07, 6.45) is 0. The van der Waals surface area contributed by atoms with E-state index in [-0.39, 0.29) is 5.91 Å². The van der Waals surface area contributed by atoms with Gasteiger partial charge in [-0.05, 0) is 30.5 Å². The highest BCUT2D eigenvalue weighted by molar-refractivity contribution is 7.12. The monoisotopic (exact) mass is 398 g/mol. The van der Waals surface area contributed by atoms with Gasteiger partial charge in [-0.1, -0.05) is 17.3 Å². The first-order valence-corrected chi connectivity index (χ1v) is 9.56. The van der Waals surface area contributed by atoms with E-state index in [1.165, 1.54) is 11.3 Å². The fourth-order valence-corrected chi connectivity index (χ4v) is 3.64. The van der Waals surface area contributed by atoms with Gasteiger partial charge in [0.15, 0.2) is 11.5 Å². The van der Waals surface area contributed by atoms with Gasteiger partial charge in [0.2, 0.25) is 5.13 Å². The number of amides is 1. The van der Waals surface area contributed by atoms with Gasteiger partial charge < -0.3 is 4.74 Å². The number of hydrogen-bond donors (Lipinski definition) is 1. The van der Waals surface area contributed by atoms with Gasteiger partial charge in [0, 0.05) is 17.6 Å². The Morgan fingerprint density at radius 1 is 1.26 bits per heavy atom. The first-order valence-electron chi connectivity index (χ1n) is 7.91. The van der Waals surface area contributed by atoms with Gasteiger partial charge in [-0.2, -0.15) is 9.36 Å². The van der Waals surface area contributed by atoms with Crippen LogP contribution in [0.4, 0.5) is 5.13 Å². The molecule has 0 saturated heterocycles. The third kappa shape index (κ3) is 3.44. The van der Waals surface area contributed by atoms with E-state index >= 15 is 0 Å². The maximum atomic E-state index is 12.1. The molecule has 4 rings (SSSR count). The highest BCUT2D eigenvalue weighted by Crippen LogP contribution is 2.25. The fourth-order valence-electron chi connectivity index (χ4n) is 2.46. The van der Waals surface area contributed by atoms with Crippen LogP contribution in [-0.2, 0) is 0 Å². The van der Waals surface area contributed by atoms with Gasteiger partial charge in [-0.25, -0.2) is 4.68 Å². The van der Waals surface area contributed by atoms with Crippen LogP contribution in [0.15, 0.2) is 41.8 Å². The SMILES string of the molecule is COc1cccc(-n2nnc(-c3nsc(NC(=O)c4cccs4)n3)c2C)c1. The third-order valence-electron chi connectivity index (χ3n) is 3.80. The number of thiophene rings is 1. The van der Waals surface area contributed by atoms with Crippen LogP contribution >= 0.6 is 22.9 Å². The Kier molecular flexibility index (Phi) is 4.65. The number of methoxy groups -OCH3 is 1. The summed E-state index contributed by atoms with van der Waals surface area (Å²) in [7, 11) is 1.62. The van der Waals surface area contributed by atoms with Crippen LogP contribution in [0, 0.1) is 6.92 Å². The van der Waals surface area contributed by atoms with Crippen LogP contribution in [0.1, 0.15) is 15.4 Å². The molecular formula is C17H14N6O2S2. The van der Waals surface area contributed by atoms with Crippen molar-refractivity contribution in [2.75, 3.05) is 12.4 Å². The molecule has 4 aromatic rings. The molecule has 0 atom stereocenters. The van der Waals surface area contributed by atoms with Crippen molar-refractivity contribution >= 4 is 33.9 Å². The molecule has 1 N–H and O–H groups in total. The van der Waals surface area contributed by atoms with Crippen LogP contribution in [-0.4, -0.2) is 37.4 Å². The minimum atomic E-state index is -0.204. The van der Waals surface area contributed by atoms with Gasteiger partial charge in [-0.3, -0.25) is 10.1 Å². The van der Waals surface area contributed by atoms with Gasteiger partial charge in [0.25, 0.3) is 5.91 Å². The van der Waals surface area contributed by atoms with Crippen molar-refractivity contribution in [3.8, 4) is 23.0 Å². The van der Waals surface area contributed by atoms with Crippen molar-refractivity contribution in [1.29, 1.82) is 0 Å². The number of nitrogens with one attached hydrogen (secondary N) is 1. The summed E-state index contributed by atoms with van der Waals surface area (Å²) >= 11 is 2.47. The second kappa shape index (κ2) is 7.25. The Morgan fingerprint density at radius 2 is 2.15 bits per heavy atom. The average molecular weight is 398 g/mol. The standard InChI is InChI=1S/C17H14N6O2S2/c1-10-14(20-22-23(10)11-5-3-6-12(9-11)25-2)15-18-17(27-21-15)19-16(24)13-7-4-8-26-13/h3-9H,1-2H3,(H,18,19,21,24). The van der Waals surface area contributed by atoms with Crippen molar-refractivity contribution < 1.29 is 9.53 Å². The molecular weight excluding hydrogens is 384 g/mol. The summed E-state index contributed by atoms with van der Waals surface area (Å²) in [5, 5.41) is 13.4. The number of aromatic nitrogens is 5. The van der Waals surface area contributed by atoms with Crippen LogP contribution in [0.3, 0.4) is 0 Å². The average Bonchev–Trinajstić information content (AvgIpc) is 3.42. The van der Waals surface area contributed by atoms with Crippen molar-refractivity contribution in [1.82, 2.24) is 24.4 Å². The van der Waals surface area contributed by atoms with Gasteiger partial charge in [0.1, 0.15) is 5.75 Å². The summed E-state index contributed by atoms with van der Waals surface area (Å²) in [5.74, 6) is 0.951. The van der Waals surface area contributed by atoms with Gasteiger partial charge in [-0.15, -0.1) is 16.4 Å². The van der Waals surface area contributed by atoms with Crippen molar-refractivity contribution in [2.45, 2.75) is 6.92 Å². The van der Waals surface area contributed by atoms with Crippen molar-refractivity contribution in [3.63, 3.8) is 0 Å². The van der Waals surface area contributed by atoms with Crippen molar-refractivity contribution in [2.24, 2.45) is 0 Å². The van der Waals surface area contributed by atoms with E-state index in [4.69, 9.17) is 4.74 Å². The molecule has 1 amide bonds. The minimum absolute atomic E-state index is 0.204. The number of benzene rings is 1. The number of carbonyl (C=O) groups is 1. The second-order valence-corrected chi connectivity index (χ2v) is 7.19. The summed E-state index contributed by atoms with van der Waals surface area (Å²) in [6, 6.07) is 11.1. The van der Waals surface area contributed by atoms with Crippen LogP contribution in [0.5, 0.6) is 5.75 Å². The van der Waals surface area contributed by atoms with E-state index in [0.717, 1.165) is 28.7 Å². The van der Waals surface area contributed by atoms with E-state index in [0.29, 0.717) is 21.5 Å². The molecule has 136 valence electrons. The summed E-state index contributed by atoms with van der Waals surface area (Å²) in [4.78, 5) is 17.1. The summed E-state index contributed by atoms with van der Waals surface area (Å²) < 4.78 is 11.3. The molecule has 3 aromatic heterocycles. The lowest BCUT2D eigenvalue weighted by Crippen LogP contribution is -2.09.